The van der Waals surface area contributed by atoms with Gasteiger partial charge in [0.1, 0.15) is 0 Å². The summed E-state index contributed by atoms with van der Waals surface area (Å²) in [6.45, 7) is 3.10. The predicted octanol–water partition coefficient (Wildman–Crippen LogP) is 5.14. The van der Waals surface area contributed by atoms with Crippen LogP contribution in [0.15, 0.2) is 34.7 Å². The minimum atomic E-state index is -4.76. The van der Waals surface area contributed by atoms with Crippen LogP contribution in [0.4, 0.5) is 18.3 Å². The Bertz CT molecular complexity index is 789. The van der Waals surface area contributed by atoms with Gasteiger partial charge in [-0.05, 0) is 26.0 Å². The van der Waals surface area contributed by atoms with Crippen molar-refractivity contribution in [3.05, 3.63) is 34.7 Å². The van der Waals surface area contributed by atoms with E-state index in [0.29, 0.717) is 10.7 Å². The van der Waals surface area contributed by atoms with Crippen molar-refractivity contribution in [3.63, 3.8) is 0 Å². The lowest BCUT2D eigenvalue weighted by atomic mass is 10.2. The molecule has 1 aromatic heterocycles. The SMILES string of the molecule is CC(C)OC(=O)C/C(=N\Nc1nc(-c2ccc(Cl)cc2)cs1)C(F)(F)F. The van der Waals surface area contributed by atoms with Crippen molar-refractivity contribution in [2.24, 2.45) is 5.10 Å². The Kier molecular flexibility index (Phi) is 6.60. The standard InChI is InChI=1S/C16H15ClF3N3O2S/c1-9(2)25-14(24)7-13(16(18,19)20)22-23-15-21-12(8-26-15)10-3-5-11(17)6-4-10/h3-6,8-9H,7H2,1-2H3,(H,21,23)/b22-13+. The molecule has 140 valence electrons. The predicted molar refractivity (Wildman–Crippen MR) is 95.5 cm³/mol. The van der Waals surface area contributed by atoms with Gasteiger partial charge in [0, 0.05) is 16.0 Å². The first kappa shape index (κ1) is 20.2. The molecular weight excluding hydrogens is 391 g/mol. The molecule has 0 atom stereocenters. The van der Waals surface area contributed by atoms with Gasteiger partial charge in [-0.15, -0.1) is 11.3 Å². The van der Waals surface area contributed by atoms with Gasteiger partial charge in [0.25, 0.3) is 0 Å². The molecule has 1 heterocycles. The van der Waals surface area contributed by atoms with E-state index in [4.69, 9.17) is 16.3 Å². The van der Waals surface area contributed by atoms with Gasteiger partial charge in [-0.3, -0.25) is 10.2 Å². The number of hydrazone groups is 1. The van der Waals surface area contributed by atoms with E-state index in [2.05, 4.69) is 15.5 Å². The zero-order valence-corrected chi connectivity index (χ0v) is 15.4. The molecule has 0 saturated heterocycles. The minimum absolute atomic E-state index is 0.161. The van der Waals surface area contributed by atoms with Gasteiger partial charge in [-0.2, -0.15) is 18.3 Å². The van der Waals surface area contributed by atoms with Crippen molar-refractivity contribution in [1.29, 1.82) is 0 Å². The van der Waals surface area contributed by atoms with Crippen molar-refractivity contribution in [2.75, 3.05) is 5.43 Å². The number of esters is 1. The molecule has 5 nitrogen and oxygen atoms in total. The monoisotopic (exact) mass is 405 g/mol. The molecule has 0 fully saturated rings. The summed E-state index contributed by atoms with van der Waals surface area (Å²) >= 11 is 6.90. The summed E-state index contributed by atoms with van der Waals surface area (Å²) in [5, 5.41) is 5.70. The highest BCUT2D eigenvalue weighted by molar-refractivity contribution is 7.14. The quantitative estimate of drug-likeness (QED) is 0.411. The Morgan fingerprint density at radius 1 is 1.35 bits per heavy atom. The van der Waals surface area contributed by atoms with Crippen LogP contribution in [0.25, 0.3) is 11.3 Å². The molecule has 0 saturated carbocycles. The van der Waals surface area contributed by atoms with Gasteiger partial charge in [-0.25, -0.2) is 4.98 Å². The second-order valence-corrected chi connectivity index (χ2v) is 6.72. The van der Waals surface area contributed by atoms with Crippen molar-refractivity contribution in [2.45, 2.75) is 32.5 Å². The van der Waals surface area contributed by atoms with E-state index in [-0.39, 0.29) is 5.13 Å². The van der Waals surface area contributed by atoms with Gasteiger partial charge < -0.3 is 4.74 Å². The molecule has 0 amide bonds. The number of ether oxygens (including phenoxy) is 1. The Morgan fingerprint density at radius 3 is 2.58 bits per heavy atom. The largest absolute Gasteiger partial charge is 0.463 e. The van der Waals surface area contributed by atoms with Crippen LogP contribution in [0.1, 0.15) is 20.3 Å². The summed E-state index contributed by atoms with van der Waals surface area (Å²) in [5.74, 6) is -1.00. The summed E-state index contributed by atoms with van der Waals surface area (Å²) in [4.78, 5) is 15.6. The normalized spacial score (nSPS) is 12.3. The number of hydrogen-bond acceptors (Lipinski definition) is 6. The molecule has 0 spiro atoms. The number of hydrogen-bond donors (Lipinski definition) is 1. The first-order chi connectivity index (χ1) is 12.1. The highest BCUT2D eigenvalue weighted by Crippen LogP contribution is 2.27. The van der Waals surface area contributed by atoms with Gasteiger partial charge in [0.2, 0.25) is 5.13 Å². The lowest BCUT2D eigenvalue weighted by molar-refractivity contribution is -0.146. The summed E-state index contributed by atoms with van der Waals surface area (Å²) in [6, 6.07) is 6.86. The average molecular weight is 406 g/mol. The second kappa shape index (κ2) is 8.50. The molecule has 2 aromatic rings. The van der Waals surface area contributed by atoms with Crippen LogP contribution in [0.2, 0.25) is 5.02 Å². The Morgan fingerprint density at radius 2 is 2.00 bits per heavy atom. The number of rotatable bonds is 6. The molecule has 2 rings (SSSR count). The minimum Gasteiger partial charge on any atom is -0.463 e. The van der Waals surface area contributed by atoms with Crippen LogP contribution in [0.5, 0.6) is 0 Å². The molecule has 0 unspecified atom stereocenters. The van der Waals surface area contributed by atoms with E-state index < -0.39 is 30.4 Å². The van der Waals surface area contributed by atoms with Crippen LogP contribution in [0.3, 0.4) is 0 Å². The summed E-state index contributed by atoms with van der Waals surface area (Å²) in [6.07, 6.45) is -6.26. The Hall–Kier alpha value is -2.13. The maximum absolute atomic E-state index is 13.0. The Labute approximate surface area is 156 Å². The first-order valence-corrected chi connectivity index (χ1v) is 8.71. The lowest BCUT2D eigenvalue weighted by Crippen LogP contribution is -2.28. The maximum atomic E-state index is 13.0. The molecule has 1 aromatic carbocycles. The van der Waals surface area contributed by atoms with E-state index in [9.17, 15) is 18.0 Å². The number of nitrogens with zero attached hydrogens (tertiary/aromatic N) is 2. The highest BCUT2D eigenvalue weighted by atomic mass is 35.5. The van der Waals surface area contributed by atoms with Crippen molar-refractivity contribution in [3.8, 4) is 11.3 Å². The molecule has 0 bridgehead atoms. The van der Waals surface area contributed by atoms with Crippen LogP contribution < -0.4 is 5.43 Å². The number of benzene rings is 1. The van der Waals surface area contributed by atoms with Crippen LogP contribution in [-0.4, -0.2) is 28.9 Å². The number of anilines is 1. The number of nitrogens with one attached hydrogen (secondary N) is 1. The van der Waals surface area contributed by atoms with E-state index in [1.165, 1.54) is 0 Å². The third kappa shape index (κ3) is 5.99. The average Bonchev–Trinajstić information content (AvgIpc) is 2.99. The van der Waals surface area contributed by atoms with Gasteiger partial charge in [-0.1, -0.05) is 23.7 Å². The van der Waals surface area contributed by atoms with Crippen LogP contribution in [0, 0.1) is 0 Å². The molecule has 10 heteroatoms. The van der Waals surface area contributed by atoms with Crippen LogP contribution >= 0.6 is 22.9 Å². The topological polar surface area (TPSA) is 63.6 Å². The number of carbonyl (C=O) groups excluding carboxylic acids is 1. The number of carbonyl (C=O) groups is 1. The van der Waals surface area contributed by atoms with Gasteiger partial charge in [0.15, 0.2) is 5.71 Å². The molecule has 0 aliphatic heterocycles. The molecule has 26 heavy (non-hydrogen) atoms. The molecule has 0 aliphatic rings. The highest BCUT2D eigenvalue weighted by Gasteiger charge is 2.38. The summed E-state index contributed by atoms with van der Waals surface area (Å²) in [7, 11) is 0. The third-order valence-corrected chi connectivity index (χ3v) is 3.94. The van der Waals surface area contributed by atoms with Gasteiger partial charge >= 0.3 is 12.1 Å². The third-order valence-electron chi connectivity index (χ3n) is 2.94. The lowest BCUT2D eigenvalue weighted by Gasteiger charge is -2.12. The van der Waals surface area contributed by atoms with Crippen molar-refractivity contribution < 1.29 is 22.7 Å². The molecule has 0 aliphatic carbocycles. The number of aromatic nitrogens is 1. The smallest absolute Gasteiger partial charge is 0.431 e. The zero-order chi connectivity index (χ0) is 19.3. The van der Waals surface area contributed by atoms with Crippen LogP contribution in [-0.2, 0) is 9.53 Å². The fourth-order valence-electron chi connectivity index (χ4n) is 1.84. The zero-order valence-electron chi connectivity index (χ0n) is 13.8. The molecule has 0 radical (unpaired) electrons. The second-order valence-electron chi connectivity index (χ2n) is 5.43. The number of alkyl halides is 3. The summed E-state index contributed by atoms with van der Waals surface area (Å²) in [5.41, 5.74) is 2.30. The fourth-order valence-corrected chi connectivity index (χ4v) is 2.63. The van der Waals surface area contributed by atoms with E-state index in [1.54, 1.807) is 43.5 Å². The molecular formula is C16H15ClF3N3O2S. The number of halogens is 4. The van der Waals surface area contributed by atoms with E-state index in [1.807, 2.05) is 0 Å². The molecule has 1 N–H and O–H groups in total. The first-order valence-electron chi connectivity index (χ1n) is 7.46. The fraction of sp³-hybridized carbons (Fsp3) is 0.312. The maximum Gasteiger partial charge on any atom is 0.431 e. The van der Waals surface area contributed by atoms with E-state index >= 15 is 0 Å². The van der Waals surface area contributed by atoms with Crippen molar-refractivity contribution in [1.82, 2.24) is 4.98 Å². The Balaban J connectivity index is 2.11. The van der Waals surface area contributed by atoms with Gasteiger partial charge in [0.05, 0.1) is 18.2 Å². The summed E-state index contributed by atoms with van der Waals surface area (Å²) < 4.78 is 43.8. The van der Waals surface area contributed by atoms with Crippen molar-refractivity contribution >= 4 is 39.8 Å². The number of thiazole rings is 1. The van der Waals surface area contributed by atoms with E-state index in [0.717, 1.165) is 16.9 Å².